The number of aliphatic carboxylic acids is 3. The van der Waals surface area contributed by atoms with Gasteiger partial charge in [-0.3, -0.25) is 91.1 Å². The van der Waals surface area contributed by atoms with E-state index in [9.17, 15) is 137 Å². The summed E-state index contributed by atoms with van der Waals surface area (Å²) in [6, 6.07) is 2.45. The number of nitrogens with one attached hydrogen (secondary N) is 15. The number of aromatic hydroxyl groups is 2. The number of carbonyl (C=O) groups excluding carboxylic acids is 15. The minimum absolute atomic E-state index is 0.00550. The Morgan fingerprint density at radius 3 is 1.35 bits per heavy atom. The molecule has 16 atom stereocenters. The lowest BCUT2D eigenvalue weighted by Crippen LogP contribution is -2.63. The summed E-state index contributed by atoms with van der Waals surface area (Å²) >= 11 is 0.826. The van der Waals surface area contributed by atoms with E-state index in [2.05, 4.69) is 84.9 Å². The maximum Gasteiger partial charge on any atom is 0.305 e. The Morgan fingerprint density at radius 2 is 0.844 bits per heavy atom. The van der Waals surface area contributed by atoms with Gasteiger partial charge in [0.05, 0.1) is 74.4 Å². The van der Waals surface area contributed by atoms with E-state index < -0.39 is 267 Å². The van der Waals surface area contributed by atoms with Crippen molar-refractivity contribution >= 4 is 129 Å². The molecule has 135 heavy (non-hydrogen) atoms. The number of nitrogens with two attached hydrogens (primary N) is 1. The number of carboxylic acids is 3. The molecule has 0 saturated carbocycles. The number of phenols is 2. The molecule has 4 aromatic carbocycles. The average Bonchev–Trinajstić information content (AvgIpc) is 0.810. The molecule has 5 rings (SSSR count). The topological polar surface area (TPSA) is 731 Å². The van der Waals surface area contributed by atoms with Crippen molar-refractivity contribution in [2.75, 3.05) is 44.4 Å². The van der Waals surface area contributed by atoms with Gasteiger partial charge in [0.25, 0.3) is 5.56 Å². The third-order valence-electron chi connectivity index (χ3n) is 20.9. The van der Waals surface area contributed by atoms with Gasteiger partial charge in [-0.1, -0.05) is 113 Å². The van der Waals surface area contributed by atoms with E-state index in [0.717, 1.165) is 25.6 Å². The highest BCUT2D eigenvalue weighted by molar-refractivity contribution is 8.00. The number of rotatable bonds is 59. The second-order valence-corrected chi connectivity index (χ2v) is 33.5. The maximum atomic E-state index is 14.7. The molecule has 0 saturated heterocycles. The molecule has 46 nitrogen and oxygen atoms in total. The molecule has 47 heteroatoms. The molecule has 0 fully saturated rings. The number of carbonyl (C=O) groups is 18. The zero-order valence-electron chi connectivity index (χ0n) is 75.5. The molecule has 26 N–H and O–H groups in total. The fraction of sp³-hybridized carbons (Fsp3) is 0.500. The van der Waals surface area contributed by atoms with E-state index in [1.807, 2.05) is 0 Å². The monoisotopic (exact) mass is 1910 g/mol. The van der Waals surface area contributed by atoms with Crippen molar-refractivity contribution in [3.05, 3.63) is 136 Å². The van der Waals surface area contributed by atoms with Crippen molar-refractivity contribution in [2.45, 2.75) is 223 Å². The van der Waals surface area contributed by atoms with Crippen molar-refractivity contribution in [1.29, 1.82) is 0 Å². The highest BCUT2D eigenvalue weighted by Crippen LogP contribution is 2.19. The van der Waals surface area contributed by atoms with Gasteiger partial charge in [0.1, 0.15) is 84.0 Å². The number of unbranched alkanes of at least 4 members (excludes halogenated alkanes) is 1. The summed E-state index contributed by atoms with van der Waals surface area (Å²) < 4.78 is 1.17. The largest absolute Gasteiger partial charge is 0.508 e. The number of carboxylic acid groups (broad SMARTS) is 3. The number of hydrogen-bond donors (Lipinski definition) is 25. The van der Waals surface area contributed by atoms with Gasteiger partial charge in [-0.2, -0.15) is 5.10 Å². The molecule has 1 heterocycles. The van der Waals surface area contributed by atoms with Crippen LogP contribution in [0.15, 0.2) is 114 Å². The van der Waals surface area contributed by atoms with Crippen molar-refractivity contribution in [2.24, 2.45) is 17.6 Å². The highest BCUT2D eigenvalue weighted by atomic mass is 32.2. The Kier molecular flexibility index (Phi) is 47.1. The highest BCUT2D eigenvalue weighted by Gasteiger charge is 2.40. The number of aromatic nitrogens is 2. The second kappa shape index (κ2) is 57.0. The molecular formula is C88H122N18O28S. The van der Waals surface area contributed by atoms with E-state index >= 15 is 0 Å². The summed E-state index contributed by atoms with van der Waals surface area (Å²) in [5, 5.41) is 133. The molecule has 0 unspecified atom stereocenters. The summed E-state index contributed by atoms with van der Waals surface area (Å²) in [6.07, 6.45) is -4.92. The van der Waals surface area contributed by atoms with Crippen LogP contribution in [0.2, 0.25) is 0 Å². The Labute approximate surface area is 779 Å². The molecule has 0 bridgehead atoms. The van der Waals surface area contributed by atoms with Gasteiger partial charge >= 0.3 is 17.9 Å². The summed E-state index contributed by atoms with van der Waals surface area (Å²) in [7, 11) is 0. The van der Waals surface area contributed by atoms with Gasteiger partial charge in [0.2, 0.25) is 88.6 Å². The number of hydrogen-bond acceptors (Lipinski definition) is 28. The number of nitrogens with zero attached hydrogens (tertiary/aromatic N) is 2. The summed E-state index contributed by atoms with van der Waals surface area (Å²) in [5.74, 6) is -23.6. The fourth-order valence-corrected chi connectivity index (χ4v) is 14.1. The SMILES string of the molecule is CC[C@H](C)[C@H](NC(=O)[C@H](CO)NC(=O)[C@H](Cc1ccc(O)cc1)NC(=O)[C@H](CC(=O)O)NC(=O)[C@H](CO)NC(=O)[C@@H](NC(=O)[C@H](Cc1ccccc1)NC(=O)[C@@H](NC(=O)CNC(=O)[C@H](CCC(=O)O)NC(=O)CSCC(=O)NCCn1ncc2ccccc2c1=O)[C@@H](C)O)[C@@H](C)O)C(=O)N[C@@H](Cc1ccc(O)cc1)C(=O)N[C@@H](CC(C)C)C(=O)N[C@@H](CC(=O)O)C(=O)N[C@H](C)CCCCN. The maximum absolute atomic E-state index is 14.7. The van der Waals surface area contributed by atoms with Gasteiger partial charge < -0.3 is 131 Å². The molecule has 0 aliphatic carbocycles. The number of amides is 15. The first kappa shape index (κ1) is 112. The molecule has 0 aliphatic rings. The van der Waals surface area contributed by atoms with Crippen LogP contribution in [0.5, 0.6) is 11.5 Å². The van der Waals surface area contributed by atoms with E-state index in [1.165, 1.54) is 78.5 Å². The van der Waals surface area contributed by atoms with E-state index in [1.54, 1.807) is 70.2 Å². The molecule has 0 aliphatic heterocycles. The molecule has 15 amide bonds. The zero-order valence-corrected chi connectivity index (χ0v) is 76.3. The number of fused-ring (bicyclic) bond motifs is 1. The lowest BCUT2D eigenvalue weighted by molar-refractivity contribution is -0.142. The third-order valence-corrected chi connectivity index (χ3v) is 21.9. The van der Waals surface area contributed by atoms with Crippen LogP contribution in [0.25, 0.3) is 10.8 Å². The summed E-state index contributed by atoms with van der Waals surface area (Å²) in [6.45, 7) is 7.20. The second-order valence-electron chi connectivity index (χ2n) is 32.6. The van der Waals surface area contributed by atoms with Crippen molar-refractivity contribution in [3.8, 4) is 11.5 Å². The molecule has 738 valence electrons. The van der Waals surface area contributed by atoms with Crippen LogP contribution in [0.4, 0.5) is 0 Å². The quantitative estimate of drug-likeness (QED) is 0.0162. The number of aliphatic hydroxyl groups is 4. The minimum Gasteiger partial charge on any atom is -0.508 e. The van der Waals surface area contributed by atoms with Gasteiger partial charge in [-0.05, 0) is 112 Å². The predicted molar refractivity (Wildman–Crippen MR) is 485 cm³/mol. The Balaban J connectivity index is 1.28. The fourth-order valence-electron chi connectivity index (χ4n) is 13.4. The van der Waals surface area contributed by atoms with E-state index in [4.69, 9.17) is 5.73 Å². The summed E-state index contributed by atoms with van der Waals surface area (Å²) in [5.41, 5.74) is 6.12. The molecule has 0 spiro atoms. The molecule has 0 radical (unpaired) electrons. The third kappa shape index (κ3) is 39.1. The molecular weight excluding hydrogens is 1790 g/mol. The minimum atomic E-state index is -2.23. The predicted octanol–water partition coefficient (Wildman–Crippen LogP) is -5.39. The van der Waals surface area contributed by atoms with Crippen LogP contribution in [0.1, 0.15) is 123 Å². The van der Waals surface area contributed by atoms with E-state index in [0.29, 0.717) is 47.7 Å². The van der Waals surface area contributed by atoms with Crippen LogP contribution in [0.3, 0.4) is 0 Å². The Hall–Kier alpha value is -13.8. The first-order valence-electron chi connectivity index (χ1n) is 43.5. The van der Waals surface area contributed by atoms with Gasteiger partial charge in [0, 0.05) is 43.7 Å². The first-order chi connectivity index (χ1) is 63.9. The van der Waals surface area contributed by atoms with Crippen molar-refractivity contribution in [1.82, 2.24) is 89.5 Å². The average molecular weight is 1910 g/mol. The Morgan fingerprint density at radius 1 is 0.422 bits per heavy atom. The molecule has 5 aromatic rings. The number of phenolic OH excluding ortho intramolecular Hbond substituents is 2. The van der Waals surface area contributed by atoms with Crippen LogP contribution in [0, 0.1) is 11.8 Å². The van der Waals surface area contributed by atoms with Gasteiger partial charge in [-0.25, -0.2) is 4.68 Å². The van der Waals surface area contributed by atoms with Crippen LogP contribution >= 0.6 is 11.8 Å². The smallest absolute Gasteiger partial charge is 0.305 e. The normalized spacial score (nSPS) is 14.7. The zero-order chi connectivity index (χ0) is 100. The summed E-state index contributed by atoms with van der Waals surface area (Å²) in [4.78, 5) is 259. The lowest BCUT2D eigenvalue weighted by Gasteiger charge is -2.30. The van der Waals surface area contributed by atoms with Crippen molar-refractivity contribution in [3.63, 3.8) is 0 Å². The van der Waals surface area contributed by atoms with Crippen LogP contribution in [-0.4, -0.2) is 297 Å². The lowest BCUT2D eigenvalue weighted by atomic mass is 9.96. The van der Waals surface area contributed by atoms with Crippen molar-refractivity contribution < 1.29 is 132 Å². The van der Waals surface area contributed by atoms with Crippen LogP contribution in [-0.2, 0) is 112 Å². The van der Waals surface area contributed by atoms with E-state index in [-0.39, 0.29) is 66.6 Å². The van der Waals surface area contributed by atoms with Crippen LogP contribution < -0.4 is 91.0 Å². The van der Waals surface area contributed by atoms with Gasteiger partial charge in [-0.15, -0.1) is 11.8 Å². The first-order valence-corrected chi connectivity index (χ1v) is 44.6. The number of thioether (sulfide) groups is 1. The number of aliphatic hydroxyl groups excluding tert-OH is 4. The molecule has 1 aromatic heterocycles. The Bertz CT molecular complexity index is 4950. The number of benzene rings is 4. The van der Waals surface area contributed by atoms with Gasteiger partial charge in [0.15, 0.2) is 0 Å². The standard InChI is InChI=1S/C88H122N18O28S/c1-8-47(4)73(85(131)99-61(37-53-23-27-56(112)28-24-53)79(125)95-59(34-46(2)3)78(124)97-63(38-71(118)119)77(123)93-48(5)16-14-15-31-89)104-84(130)66(43-108)101-80(126)60(36-52-21-25-55(111)26-22-52)96-81(127)64(39-72(120)121)98-83(129)65(42-107)102-87(133)75(50(7)110)105-82(128)62(35-51-17-10-9-11-18-51)100-86(132)74(49(6)109)103-67(113)41-91-76(122)58(29-30-70(116)117)94-69(115)45-135-44-68(114)90-32-33-106-88(134)57-20-13-12-19-54(57)40-92-106/h9-13,17-28,40,46-50,58-66,73-75,107-112H,8,14-16,29-39,41-45,89H2,1-7H3,(H,90,114)(H,91,122)(H,93,123)(H,94,115)(H,95,125)(H,96,127)(H,97,124)(H,98,129)(H,99,131)(H,100,132)(H,101,126)(H,102,133)(H,103,113)(H,104,130)(H,105,128)(H,116,117)(H,118,119)(H,120,121)/t47-,48+,49+,50+,58-,59-,60-,61-,62-,63-,64-,65-,66-,73-,74-,75-/m0/s1.